The average Bonchev–Trinajstić information content (AvgIpc) is 3.00. The zero-order valence-corrected chi connectivity index (χ0v) is 13.5. The largest absolute Gasteiger partial charge is 0.476 e. The minimum absolute atomic E-state index is 0.110. The molecule has 0 unspecified atom stereocenters. The molecule has 0 aromatic carbocycles. The molecule has 2 rings (SSSR count). The van der Waals surface area contributed by atoms with Crippen LogP contribution in [-0.4, -0.2) is 42.7 Å². The molecule has 8 heteroatoms. The van der Waals surface area contributed by atoms with E-state index in [1.165, 1.54) is 11.8 Å². The van der Waals surface area contributed by atoms with Gasteiger partial charge in [0.1, 0.15) is 11.3 Å². The molecule has 0 atom stereocenters. The van der Waals surface area contributed by atoms with Crippen LogP contribution in [0.2, 0.25) is 0 Å². The van der Waals surface area contributed by atoms with Gasteiger partial charge in [0, 0.05) is 19.8 Å². The predicted octanol–water partition coefficient (Wildman–Crippen LogP) is 1.78. The molecule has 0 saturated heterocycles. The molecule has 7 nitrogen and oxygen atoms in total. The molecule has 0 N–H and O–H groups in total. The summed E-state index contributed by atoms with van der Waals surface area (Å²) in [4.78, 5) is 11.1. The highest BCUT2D eigenvalue weighted by molar-refractivity contribution is 7.99. The van der Waals surface area contributed by atoms with Gasteiger partial charge in [0.15, 0.2) is 11.0 Å². The maximum Gasteiger partial charge on any atom is 0.243 e. The van der Waals surface area contributed by atoms with Gasteiger partial charge in [-0.15, -0.1) is 15.3 Å². The molecule has 2 aromatic heterocycles. The summed E-state index contributed by atoms with van der Waals surface area (Å²) in [7, 11) is 1.87. The van der Waals surface area contributed by atoms with Crippen molar-refractivity contribution in [1.29, 1.82) is 0 Å². The number of carbonyl (C=O) groups excluding carboxylic acids is 1. The van der Waals surface area contributed by atoms with Crippen molar-refractivity contribution >= 4 is 17.5 Å². The molecule has 21 heavy (non-hydrogen) atoms. The Hall–Kier alpha value is -1.83. The summed E-state index contributed by atoms with van der Waals surface area (Å²) in [5, 5.41) is 13.4. The van der Waals surface area contributed by atoms with E-state index in [4.69, 9.17) is 4.74 Å². The first kappa shape index (κ1) is 15.6. The van der Waals surface area contributed by atoms with E-state index in [2.05, 4.69) is 15.3 Å². The molecule has 114 valence electrons. The number of thioether (sulfide) groups is 1. The normalized spacial score (nSPS) is 10.9. The van der Waals surface area contributed by atoms with Crippen molar-refractivity contribution in [3.63, 3.8) is 0 Å². The zero-order valence-electron chi connectivity index (χ0n) is 12.7. The third-order valence-electron chi connectivity index (χ3n) is 2.81. The highest BCUT2D eigenvalue weighted by Crippen LogP contribution is 2.29. The summed E-state index contributed by atoms with van der Waals surface area (Å²) in [5.41, 5.74) is 0.809. The van der Waals surface area contributed by atoms with Crippen LogP contribution in [0.15, 0.2) is 11.4 Å². The Morgan fingerprint density at radius 1 is 1.38 bits per heavy atom. The molecule has 0 saturated carbocycles. The Kier molecular flexibility index (Phi) is 5.00. The fourth-order valence-corrected chi connectivity index (χ4v) is 2.51. The molecule has 0 radical (unpaired) electrons. The molecule has 0 amide bonds. The molecular formula is C13H19N5O2S. The van der Waals surface area contributed by atoms with Gasteiger partial charge in [-0.1, -0.05) is 11.8 Å². The SMILES string of the molecule is CCOc1nn(CC)cc1-c1nnc(SCC(C)=O)n1C. The first-order valence-electron chi connectivity index (χ1n) is 6.79. The molecule has 0 spiro atoms. The Balaban J connectivity index is 2.33. The van der Waals surface area contributed by atoms with E-state index in [1.807, 2.05) is 31.7 Å². The number of aryl methyl sites for hydroxylation is 1. The number of hydrogen-bond donors (Lipinski definition) is 0. The average molecular weight is 309 g/mol. The van der Waals surface area contributed by atoms with Crippen molar-refractivity contribution in [3.05, 3.63) is 6.20 Å². The summed E-state index contributed by atoms with van der Waals surface area (Å²) >= 11 is 1.37. The third-order valence-corrected chi connectivity index (χ3v) is 3.98. The molecule has 2 aromatic rings. The number of hydrogen-bond acceptors (Lipinski definition) is 6. The van der Waals surface area contributed by atoms with Crippen LogP contribution in [0.3, 0.4) is 0 Å². The van der Waals surface area contributed by atoms with Crippen LogP contribution in [0.4, 0.5) is 0 Å². The van der Waals surface area contributed by atoms with E-state index in [0.717, 1.165) is 12.1 Å². The highest BCUT2D eigenvalue weighted by Gasteiger charge is 2.19. The lowest BCUT2D eigenvalue weighted by Crippen LogP contribution is -1.99. The quantitative estimate of drug-likeness (QED) is 0.726. The highest BCUT2D eigenvalue weighted by atomic mass is 32.2. The standard InChI is InChI=1S/C13H19N5O2S/c1-5-18-7-10(12(16-18)20-6-2)11-14-15-13(17(11)4)21-8-9(3)19/h7H,5-6,8H2,1-4H3. The number of aromatic nitrogens is 5. The zero-order chi connectivity index (χ0) is 15.4. The molecular weight excluding hydrogens is 290 g/mol. The first-order valence-corrected chi connectivity index (χ1v) is 7.77. The fourth-order valence-electron chi connectivity index (χ4n) is 1.80. The molecule has 0 aliphatic rings. The van der Waals surface area contributed by atoms with Crippen molar-refractivity contribution in [1.82, 2.24) is 24.5 Å². The van der Waals surface area contributed by atoms with Crippen molar-refractivity contribution in [2.75, 3.05) is 12.4 Å². The Morgan fingerprint density at radius 2 is 2.14 bits per heavy atom. The van der Waals surface area contributed by atoms with Gasteiger partial charge < -0.3 is 9.30 Å². The second-order valence-electron chi connectivity index (χ2n) is 4.49. The van der Waals surface area contributed by atoms with Crippen LogP contribution in [0, 0.1) is 0 Å². The second-order valence-corrected chi connectivity index (χ2v) is 5.44. The first-order chi connectivity index (χ1) is 10.1. The lowest BCUT2D eigenvalue weighted by atomic mass is 10.3. The summed E-state index contributed by atoms with van der Waals surface area (Å²) in [6.45, 7) is 6.78. The monoisotopic (exact) mass is 309 g/mol. The number of nitrogens with zero attached hydrogens (tertiary/aromatic N) is 5. The van der Waals surface area contributed by atoms with Gasteiger partial charge in [-0.3, -0.25) is 9.48 Å². The van der Waals surface area contributed by atoms with Gasteiger partial charge in [-0.2, -0.15) is 0 Å². The van der Waals surface area contributed by atoms with Crippen LogP contribution in [0.1, 0.15) is 20.8 Å². The van der Waals surface area contributed by atoms with Crippen LogP contribution < -0.4 is 4.74 Å². The van der Waals surface area contributed by atoms with Crippen LogP contribution in [0.5, 0.6) is 5.88 Å². The van der Waals surface area contributed by atoms with Crippen molar-refractivity contribution < 1.29 is 9.53 Å². The Bertz CT molecular complexity index is 635. The number of Topliss-reactive ketones (excluding diaryl/α,β-unsaturated/α-hetero) is 1. The van der Waals surface area contributed by atoms with Crippen LogP contribution in [-0.2, 0) is 18.4 Å². The van der Waals surface area contributed by atoms with Gasteiger partial charge in [0.2, 0.25) is 5.88 Å². The summed E-state index contributed by atoms with van der Waals surface area (Å²) < 4.78 is 9.22. The summed E-state index contributed by atoms with van der Waals surface area (Å²) in [6.07, 6.45) is 1.90. The molecule has 0 bridgehead atoms. The third kappa shape index (κ3) is 3.44. The van der Waals surface area contributed by atoms with Gasteiger partial charge >= 0.3 is 0 Å². The molecule has 0 aliphatic carbocycles. The van der Waals surface area contributed by atoms with E-state index in [1.54, 1.807) is 11.6 Å². The van der Waals surface area contributed by atoms with Crippen molar-refractivity contribution in [2.45, 2.75) is 32.5 Å². The maximum absolute atomic E-state index is 11.1. The second kappa shape index (κ2) is 6.75. The lowest BCUT2D eigenvalue weighted by molar-refractivity contribution is -0.114. The van der Waals surface area contributed by atoms with E-state index >= 15 is 0 Å². The minimum Gasteiger partial charge on any atom is -0.476 e. The lowest BCUT2D eigenvalue weighted by Gasteiger charge is -2.03. The fraction of sp³-hybridized carbons (Fsp3) is 0.538. The summed E-state index contributed by atoms with van der Waals surface area (Å²) in [6, 6.07) is 0. The van der Waals surface area contributed by atoms with E-state index < -0.39 is 0 Å². The summed E-state index contributed by atoms with van der Waals surface area (Å²) in [5.74, 6) is 1.74. The van der Waals surface area contributed by atoms with Gasteiger partial charge in [-0.05, 0) is 20.8 Å². The van der Waals surface area contributed by atoms with Crippen LogP contribution >= 0.6 is 11.8 Å². The van der Waals surface area contributed by atoms with Gasteiger partial charge in [-0.25, -0.2) is 0 Å². The maximum atomic E-state index is 11.1. The van der Waals surface area contributed by atoms with E-state index in [9.17, 15) is 4.79 Å². The topological polar surface area (TPSA) is 74.8 Å². The number of carbonyl (C=O) groups is 1. The van der Waals surface area contributed by atoms with Crippen LogP contribution in [0.25, 0.3) is 11.4 Å². The van der Waals surface area contributed by atoms with E-state index in [0.29, 0.717) is 29.2 Å². The van der Waals surface area contributed by atoms with Gasteiger partial charge in [0.05, 0.1) is 12.4 Å². The number of ether oxygens (including phenoxy) is 1. The van der Waals surface area contributed by atoms with E-state index in [-0.39, 0.29) is 5.78 Å². The number of rotatable bonds is 7. The smallest absolute Gasteiger partial charge is 0.243 e. The number of ketones is 1. The van der Waals surface area contributed by atoms with Crippen molar-refractivity contribution in [2.24, 2.45) is 7.05 Å². The minimum atomic E-state index is 0.110. The molecule has 2 heterocycles. The molecule has 0 aliphatic heterocycles. The Morgan fingerprint density at radius 3 is 2.76 bits per heavy atom. The van der Waals surface area contributed by atoms with Gasteiger partial charge in [0.25, 0.3) is 0 Å². The Labute approximate surface area is 127 Å². The van der Waals surface area contributed by atoms with Crippen molar-refractivity contribution in [3.8, 4) is 17.3 Å². The molecule has 0 fully saturated rings. The predicted molar refractivity (Wildman–Crippen MR) is 80.5 cm³/mol.